The Morgan fingerprint density at radius 1 is 1.38 bits per heavy atom. The van der Waals surface area contributed by atoms with Gasteiger partial charge in [-0.2, -0.15) is 0 Å². The molecule has 0 heterocycles. The number of carboxylic acid groups (broad SMARTS) is 1. The fourth-order valence-electron chi connectivity index (χ4n) is 3.32. The summed E-state index contributed by atoms with van der Waals surface area (Å²) in [5.74, 6) is -0.108. The van der Waals surface area contributed by atoms with Crippen LogP contribution < -0.4 is 5.32 Å². The van der Waals surface area contributed by atoms with Crippen LogP contribution in [0.4, 0.5) is 5.69 Å². The molecule has 0 radical (unpaired) electrons. The number of aliphatic carboxylic acids is 1. The van der Waals surface area contributed by atoms with Gasteiger partial charge in [0.2, 0.25) is 0 Å². The average molecular weight is 310 g/mol. The van der Waals surface area contributed by atoms with E-state index in [1.165, 1.54) is 12.8 Å². The molecule has 1 saturated carbocycles. The summed E-state index contributed by atoms with van der Waals surface area (Å²) in [4.78, 5) is 11.9. The predicted octanol–water partition coefficient (Wildman–Crippen LogP) is 4.96. The number of nitrogens with one attached hydrogen (secondary N) is 1. The van der Waals surface area contributed by atoms with Crippen LogP contribution in [-0.2, 0) is 4.79 Å². The lowest BCUT2D eigenvalue weighted by atomic mass is 9.88. The Hall–Kier alpha value is -1.22. The average Bonchev–Trinajstić information content (AvgIpc) is 2.66. The van der Waals surface area contributed by atoms with Gasteiger partial charge in [0.15, 0.2) is 0 Å². The molecule has 1 aliphatic rings. The highest BCUT2D eigenvalue weighted by molar-refractivity contribution is 6.33. The number of para-hydroxylation sites is 1. The van der Waals surface area contributed by atoms with Gasteiger partial charge in [0.25, 0.3) is 0 Å². The summed E-state index contributed by atoms with van der Waals surface area (Å²) < 4.78 is 0. The first-order valence-corrected chi connectivity index (χ1v) is 8.21. The van der Waals surface area contributed by atoms with Crippen molar-refractivity contribution in [1.29, 1.82) is 0 Å². The molecule has 0 amide bonds. The highest BCUT2D eigenvalue weighted by Gasteiger charge is 2.40. The van der Waals surface area contributed by atoms with Gasteiger partial charge in [0, 0.05) is 0 Å². The highest BCUT2D eigenvalue weighted by Crippen LogP contribution is 2.36. The van der Waals surface area contributed by atoms with Crippen LogP contribution in [0.15, 0.2) is 24.3 Å². The molecule has 4 heteroatoms. The molecule has 0 aromatic heterocycles. The van der Waals surface area contributed by atoms with Crippen LogP contribution in [0.1, 0.15) is 51.9 Å². The molecule has 0 aliphatic heterocycles. The van der Waals surface area contributed by atoms with Crippen molar-refractivity contribution in [1.82, 2.24) is 0 Å². The van der Waals surface area contributed by atoms with E-state index in [2.05, 4.69) is 12.2 Å². The van der Waals surface area contributed by atoms with Crippen LogP contribution in [-0.4, -0.2) is 16.6 Å². The van der Waals surface area contributed by atoms with Gasteiger partial charge in [-0.1, -0.05) is 56.3 Å². The number of hydrogen-bond acceptors (Lipinski definition) is 2. The number of rotatable bonds is 5. The second-order valence-corrected chi connectivity index (χ2v) is 6.48. The van der Waals surface area contributed by atoms with Crippen molar-refractivity contribution < 1.29 is 9.90 Å². The van der Waals surface area contributed by atoms with E-state index in [-0.39, 0.29) is 0 Å². The van der Waals surface area contributed by atoms with Gasteiger partial charge in [-0.15, -0.1) is 0 Å². The molecule has 0 spiro atoms. The quantitative estimate of drug-likeness (QED) is 0.756. The van der Waals surface area contributed by atoms with Gasteiger partial charge < -0.3 is 10.4 Å². The van der Waals surface area contributed by atoms with Gasteiger partial charge in [-0.05, 0) is 37.3 Å². The fraction of sp³-hybridized carbons (Fsp3) is 0.588. The van der Waals surface area contributed by atoms with E-state index in [4.69, 9.17) is 11.6 Å². The molecule has 1 fully saturated rings. The van der Waals surface area contributed by atoms with Gasteiger partial charge in [-0.3, -0.25) is 0 Å². The van der Waals surface area contributed by atoms with E-state index in [9.17, 15) is 9.90 Å². The third kappa shape index (κ3) is 3.91. The van der Waals surface area contributed by atoms with Crippen molar-refractivity contribution in [2.75, 3.05) is 5.32 Å². The maximum absolute atomic E-state index is 11.9. The van der Waals surface area contributed by atoms with Crippen molar-refractivity contribution in [2.45, 2.75) is 57.4 Å². The number of carboxylic acids is 1. The Kier molecular flexibility index (Phi) is 5.51. The molecule has 2 unspecified atom stereocenters. The number of halogens is 1. The molecule has 1 aliphatic carbocycles. The van der Waals surface area contributed by atoms with E-state index >= 15 is 0 Å². The van der Waals surface area contributed by atoms with Crippen LogP contribution in [0, 0.1) is 5.92 Å². The first kappa shape index (κ1) is 16.2. The summed E-state index contributed by atoms with van der Waals surface area (Å²) in [6.07, 6.45) is 6.75. The largest absolute Gasteiger partial charge is 0.480 e. The van der Waals surface area contributed by atoms with Crippen molar-refractivity contribution in [3.63, 3.8) is 0 Å². The second-order valence-electron chi connectivity index (χ2n) is 6.08. The lowest BCUT2D eigenvalue weighted by Gasteiger charge is -2.31. The van der Waals surface area contributed by atoms with Gasteiger partial charge in [0.1, 0.15) is 5.54 Å². The molecule has 2 rings (SSSR count). The summed E-state index contributed by atoms with van der Waals surface area (Å²) >= 11 is 6.17. The van der Waals surface area contributed by atoms with Crippen molar-refractivity contribution in [3.8, 4) is 0 Å². The summed E-state index contributed by atoms with van der Waals surface area (Å²) in [5.41, 5.74) is -0.163. The lowest BCUT2D eigenvalue weighted by molar-refractivity contribution is -0.142. The normalized spacial score (nSPS) is 26.1. The molecular weight excluding hydrogens is 286 g/mol. The molecule has 3 nitrogen and oxygen atoms in total. The minimum atomic E-state index is -0.881. The van der Waals surface area contributed by atoms with Crippen molar-refractivity contribution in [2.24, 2.45) is 5.92 Å². The number of anilines is 1. The predicted molar refractivity (Wildman–Crippen MR) is 86.9 cm³/mol. The molecule has 1 aromatic rings. The zero-order valence-corrected chi connectivity index (χ0v) is 13.3. The molecule has 0 saturated heterocycles. The molecule has 2 N–H and O–H groups in total. The highest BCUT2D eigenvalue weighted by atomic mass is 35.5. The number of hydrogen-bond donors (Lipinski definition) is 2. The summed E-state index contributed by atoms with van der Waals surface area (Å²) in [7, 11) is 0. The van der Waals surface area contributed by atoms with E-state index in [0.29, 0.717) is 23.8 Å². The molecular formula is C17H24ClNO2. The van der Waals surface area contributed by atoms with Crippen molar-refractivity contribution >= 4 is 23.3 Å². The second kappa shape index (κ2) is 7.17. The third-order valence-electron chi connectivity index (χ3n) is 4.55. The molecule has 0 bridgehead atoms. The smallest absolute Gasteiger partial charge is 0.329 e. The van der Waals surface area contributed by atoms with E-state index in [0.717, 1.165) is 24.9 Å². The van der Waals surface area contributed by atoms with Crippen LogP contribution in [0.3, 0.4) is 0 Å². The van der Waals surface area contributed by atoms with E-state index in [1.807, 2.05) is 18.2 Å². The molecule has 116 valence electrons. The molecule has 1 aromatic carbocycles. The van der Waals surface area contributed by atoms with Crippen LogP contribution in [0.5, 0.6) is 0 Å². The molecule has 2 atom stereocenters. The topological polar surface area (TPSA) is 49.3 Å². The number of carbonyl (C=O) groups is 1. The Labute approximate surface area is 131 Å². The van der Waals surface area contributed by atoms with Gasteiger partial charge in [0.05, 0.1) is 10.7 Å². The van der Waals surface area contributed by atoms with E-state index < -0.39 is 11.5 Å². The Morgan fingerprint density at radius 2 is 2.14 bits per heavy atom. The maximum atomic E-state index is 11.9. The Morgan fingerprint density at radius 3 is 2.81 bits per heavy atom. The minimum Gasteiger partial charge on any atom is -0.480 e. The zero-order valence-electron chi connectivity index (χ0n) is 12.6. The molecule has 21 heavy (non-hydrogen) atoms. The third-order valence-corrected chi connectivity index (χ3v) is 4.88. The summed E-state index contributed by atoms with van der Waals surface area (Å²) in [5, 5.41) is 13.6. The van der Waals surface area contributed by atoms with E-state index in [1.54, 1.807) is 6.07 Å². The van der Waals surface area contributed by atoms with Crippen LogP contribution in [0.25, 0.3) is 0 Å². The summed E-state index contributed by atoms with van der Waals surface area (Å²) in [6, 6.07) is 7.36. The van der Waals surface area contributed by atoms with Crippen molar-refractivity contribution in [3.05, 3.63) is 29.3 Å². The lowest BCUT2D eigenvalue weighted by Crippen LogP contribution is -2.46. The zero-order chi connectivity index (χ0) is 15.3. The minimum absolute atomic E-state index is 0.576. The van der Waals surface area contributed by atoms with Gasteiger partial charge >= 0.3 is 5.97 Å². The first-order chi connectivity index (χ1) is 10.1. The summed E-state index contributed by atoms with van der Waals surface area (Å²) in [6.45, 7) is 2.19. The fourth-order valence-corrected chi connectivity index (χ4v) is 3.50. The number of benzene rings is 1. The Balaban J connectivity index is 2.17. The SMILES string of the molecule is CCCC1CCCC(Nc2ccccc2Cl)(C(=O)O)CC1. The Bertz CT molecular complexity index is 491. The van der Waals surface area contributed by atoms with Crippen LogP contribution in [0.2, 0.25) is 5.02 Å². The van der Waals surface area contributed by atoms with Gasteiger partial charge in [-0.25, -0.2) is 4.79 Å². The monoisotopic (exact) mass is 309 g/mol. The first-order valence-electron chi connectivity index (χ1n) is 7.83. The maximum Gasteiger partial charge on any atom is 0.329 e. The van der Waals surface area contributed by atoms with Crippen LogP contribution >= 0.6 is 11.6 Å². The standard InChI is InChI=1S/C17H24ClNO2/c1-2-6-13-7-5-11-17(12-10-13,16(20)21)19-15-9-4-3-8-14(15)18/h3-4,8-9,13,19H,2,5-7,10-12H2,1H3,(H,20,21).